The van der Waals surface area contributed by atoms with Crippen LogP contribution in [0.2, 0.25) is 10.0 Å². The zero-order chi connectivity index (χ0) is 19.1. The Morgan fingerprint density at radius 1 is 1.15 bits per heavy atom. The standard InChI is InChI=1S/C18H17Cl2NO4S/c1-11(18(23)21-16-8-3-12(19)9-15(16)20)25-17(22)10-26-14-6-4-13(24-2)5-7-14/h3-9,11H,10H2,1-2H3,(H,21,23)/t11-/m0/s1. The molecule has 0 aliphatic carbocycles. The number of rotatable bonds is 7. The minimum absolute atomic E-state index is 0.0889. The normalized spacial score (nSPS) is 11.5. The third kappa shape index (κ3) is 6.12. The molecule has 1 atom stereocenters. The number of ether oxygens (including phenoxy) is 2. The molecule has 0 heterocycles. The molecule has 8 heteroatoms. The number of nitrogens with one attached hydrogen (secondary N) is 1. The predicted molar refractivity (Wildman–Crippen MR) is 104 cm³/mol. The van der Waals surface area contributed by atoms with Crippen molar-refractivity contribution in [2.45, 2.75) is 17.9 Å². The Kier molecular flexibility index (Phi) is 7.63. The van der Waals surface area contributed by atoms with Gasteiger partial charge in [0, 0.05) is 9.92 Å². The highest BCUT2D eigenvalue weighted by Crippen LogP contribution is 2.25. The number of halogens is 2. The first-order valence-electron chi connectivity index (χ1n) is 7.61. The monoisotopic (exact) mass is 413 g/mol. The van der Waals surface area contributed by atoms with Crippen LogP contribution in [-0.4, -0.2) is 30.8 Å². The first-order chi connectivity index (χ1) is 12.4. The minimum Gasteiger partial charge on any atom is -0.497 e. The van der Waals surface area contributed by atoms with Gasteiger partial charge in [0.25, 0.3) is 5.91 Å². The molecule has 2 rings (SSSR count). The molecule has 0 bridgehead atoms. The molecule has 0 saturated carbocycles. The Morgan fingerprint density at radius 3 is 2.46 bits per heavy atom. The largest absolute Gasteiger partial charge is 0.497 e. The highest BCUT2D eigenvalue weighted by molar-refractivity contribution is 8.00. The lowest BCUT2D eigenvalue weighted by atomic mass is 10.3. The maximum absolute atomic E-state index is 12.1. The average molecular weight is 414 g/mol. The molecule has 2 aromatic rings. The number of amides is 1. The summed E-state index contributed by atoms with van der Waals surface area (Å²) in [7, 11) is 1.59. The van der Waals surface area contributed by atoms with Crippen molar-refractivity contribution in [1.82, 2.24) is 0 Å². The van der Waals surface area contributed by atoms with Crippen LogP contribution in [0.4, 0.5) is 5.69 Å². The molecule has 0 spiro atoms. The molecule has 5 nitrogen and oxygen atoms in total. The second-order valence-corrected chi connectivity index (χ2v) is 7.10. The van der Waals surface area contributed by atoms with Gasteiger partial charge in [-0.15, -0.1) is 11.8 Å². The lowest BCUT2D eigenvalue weighted by Crippen LogP contribution is -2.30. The smallest absolute Gasteiger partial charge is 0.317 e. The van der Waals surface area contributed by atoms with Crippen molar-refractivity contribution < 1.29 is 19.1 Å². The van der Waals surface area contributed by atoms with Crippen molar-refractivity contribution in [3.63, 3.8) is 0 Å². The molecule has 0 unspecified atom stereocenters. The molecule has 1 N–H and O–H groups in total. The zero-order valence-electron chi connectivity index (χ0n) is 14.1. The van der Waals surface area contributed by atoms with Gasteiger partial charge in [0.2, 0.25) is 0 Å². The predicted octanol–water partition coefficient (Wildman–Crippen LogP) is 4.66. The van der Waals surface area contributed by atoms with Gasteiger partial charge in [-0.1, -0.05) is 23.2 Å². The van der Waals surface area contributed by atoms with E-state index in [9.17, 15) is 9.59 Å². The highest BCUT2D eigenvalue weighted by Gasteiger charge is 2.19. The Hall–Kier alpha value is -1.89. The number of methoxy groups -OCH3 is 1. The SMILES string of the molecule is COc1ccc(SCC(=O)O[C@@H](C)C(=O)Nc2ccc(Cl)cc2Cl)cc1. The summed E-state index contributed by atoms with van der Waals surface area (Å²) in [4.78, 5) is 25.0. The first-order valence-corrected chi connectivity index (χ1v) is 9.35. The number of anilines is 1. The summed E-state index contributed by atoms with van der Waals surface area (Å²) in [5.41, 5.74) is 0.400. The number of carbonyl (C=O) groups is 2. The number of thioether (sulfide) groups is 1. The number of esters is 1. The number of hydrogen-bond donors (Lipinski definition) is 1. The van der Waals surface area contributed by atoms with Gasteiger partial charge in [0.05, 0.1) is 23.6 Å². The molecule has 138 valence electrons. The van der Waals surface area contributed by atoms with Gasteiger partial charge in [-0.05, 0) is 49.4 Å². The summed E-state index contributed by atoms with van der Waals surface area (Å²) in [5, 5.41) is 3.37. The van der Waals surface area contributed by atoms with E-state index in [1.807, 2.05) is 12.1 Å². The molecule has 0 aliphatic rings. The summed E-state index contributed by atoms with van der Waals surface area (Å²) < 4.78 is 10.2. The van der Waals surface area contributed by atoms with Crippen molar-refractivity contribution in [3.05, 3.63) is 52.5 Å². The van der Waals surface area contributed by atoms with Gasteiger partial charge in [0.1, 0.15) is 5.75 Å². The lowest BCUT2D eigenvalue weighted by Gasteiger charge is -2.14. The van der Waals surface area contributed by atoms with Crippen LogP contribution in [0.5, 0.6) is 5.75 Å². The molecule has 0 radical (unpaired) electrons. The van der Waals surface area contributed by atoms with Crippen LogP contribution in [0.1, 0.15) is 6.92 Å². The van der Waals surface area contributed by atoms with E-state index in [4.69, 9.17) is 32.7 Å². The molecular formula is C18H17Cl2NO4S. The highest BCUT2D eigenvalue weighted by atomic mass is 35.5. The van der Waals surface area contributed by atoms with Crippen molar-refractivity contribution >= 4 is 52.5 Å². The molecule has 0 saturated heterocycles. The van der Waals surface area contributed by atoms with Crippen molar-refractivity contribution in [3.8, 4) is 5.75 Å². The molecular weight excluding hydrogens is 397 g/mol. The Balaban J connectivity index is 1.82. The minimum atomic E-state index is -0.953. The van der Waals surface area contributed by atoms with Crippen LogP contribution in [0.3, 0.4) is 0 Å². The van der Waals surface area contributed by atoms with Gasteiger partial charge in [0.15, 0.2) is 6.10 Å². The molecule has 26 heavy (non-hydrogen) atoms. The van der Waals surface area contributed by atoms with E-state index in [-0.39, 0.29) is 5.75 Å². The summed E-state index contributed by atoms with van der Waals surface area (Å²) in [5.74, 6) is -0.137. The van der Waals surface area contributed by atoms with E-state index < -0.39 is 18.0 Å². The lowest BCUT2D eigenvalue weighted by molar-refractivity contribution is -0.150. The van der Waals surface area contributed by atoms with Gasteiger partial charge in [-0.25, -0.2) is 0 Å². The zero-order valence-corrected chi connectivity index (χ0v) is 16.5. The van der Waals surface area contributed by atoms with E-state index in [1.165, 1.54) is 24.8 Å². The van der Waals surface area contributed by atoms with Crippen LogP contribution in [0, 0.1) is 0 Å². The molecule has 0 aliphatic heterocycles. The topological polar surface area (TPSA) is 64.6 Å². The van der Waals surface area contributed by atoms with Gasteiger partial charge in [-0.2, -0.15) is 0 Å². The van der Waals surface area contributed by atoms with Gasteiger partial charge < -0.3 is 14.8 Å². The van der Waals surface area contributed by atoms with Crippen LogP contribution in [0.25, 0.3) is 0 Å². The van der Waals surface area contributed by atoms with Crippen molar-refractivity contribution in [1.29, 1.82) is 0 Å². The summed E-state index contributed by atoms with van der Waals surface area (Å²) in [6.07, 6.45) is -0.953. The van der Waals surface area contributed by atoms with E-state index in [1.54, 1.807) is 31.4 Å². The Bertz CT molecular complexity index is 783. The fourth-order valence-electron chi connectivity index (χ4n) is 1.92. The van der Waals surface area contributed by atoms with Crippen LogP contribution in [-0.2, 0) is 14.3 Å². The Morgan fingerprint density at radius 2 is 1.85 bits per heavy atom. The van der Waals surface area contributed by atoms with Crippen LogP contribution < -0.4 is 10.1 Å². The van der Waals surface area contributed by atoms with E-state index in [0.717, 1.165) is 10.6 Å². The number of carbonyl (C=O) groups excluding carboxylic acids is 2. The third-order valence-electron chi connectivity index (χ3n) is 3.28. The fourth-order valence-corrected chi connectivity index (χ4v) is 3.06. The summed E-state index contributed by atoms with van der Waals surface area (Å²) in [6.45, 7) is 1.50. The fraction of sp³-hybridized carbons (Fsp3) is 0.222. The van der Waals surface area contributed by atoms with E-state index >= 15 is 0 Å². The molecule has 0 aromatic heterocycles. The Labute approximate surface area is 166 Å². The van der Waals surface area contributed by atoms with Gasteiger partial charge >= 0.3 is 5.97 Å². The summed E-state index contributed by atoms with van der Waals surface area (Å²) >= 11 is 13.1. The maximum atomic E-state index is 12.1. The average Bonchev–Trinajstić information content (AvgIpc) is 2.62. The van der Waals surface area contributed by atoms with E-state index in [0.29, 0.717) is 15.7 Å². The quantitative estimate of drug-likeness (QED) is 0.527. The molecule has 2 aromatic carbocycles. The number of benzene rings is 2. The second-order valence-electron chi connectivity index (χ2n) is 5.21. The second kappa shape index (κ2) is 9.71. The van der Waals surface area contributed by atoms with E-state index in [2.05, 4.69) is 5.32 Å². The van der Waals surface area contributed by atoms with Crippen LogP contribution >= 0.6 is 35.0 Å². The maximum Gasteiger partial charge on any atom is 0.317 e. The first kappa shape index (κ1) is 20.4. The van der Waals surface area contributed by atoms with Crippen molar-refractivity contribution in [2.24, 2.45) is 0 Å². The molecule has 1 amide bonds. The summed E-state index contributed by atoms with van der Waals surface area (Å²) in [6, 6.07) is 12.0. The van der Waals surface area contributed by atoms with Crippen molar-refractivity contribution in [2.75, 3.05) is 18.2 Å². The van der Waals surface area contributed by atoms with Crippen LogP contribution in [0.15, 0.2) is 47.4 Å². The third-order valence-corrected chi connectivity index (χ3v) is 4.82. The number of hydrogen-bond acceptors (Lipinski definition) is 5. The van der Waals surface area contributed by atoms with Gasteiger partial charge in [-0.3, -0.25) is 9.59 Å². The molecule has 0 fully saturated rings.